The molecule has 2 aromatic rings. The van der Waals surface area contributed by atoms with Crippen LogP contribution >= 0.6 is 0 Å². The van der Waals surface area contributed by atoms with Crippen LogP contribution in [0.2, 0.25) is 0 Å². The van der Waals surface area contributed by atoms with E-state index >= 15 is 0 Å². The molecule has 1 fully saturated rings. The van der Waals surface area contributed by atoms with Crippen LogP contribution in [-0.2, 0) is 0 Å². The van der Waals surface area contributed by atoms with Crippen molar-refractivity contribution in [1.82, 2.24) is 14.8 Å². The van der Waals surface area contributed by atoms with E-state index < -0.39 is 0 Å². The van der Waals surface area contributed by atoms with Gasteiger partial charge in [0, 0.05) is 44.1 Å². The van der Waals surface area contributed by atoms with Gasteiger partial charge in [0.1, 0.15) is 0 Å². The largest absolute Gasteiger partial charge is 0.367 e. The van der Waals surface area contributed by atoms with Crippen LogP contribution in [0.3, 0.4) is 0 Å². The summed E-state index contributed by atoms with van der Waals surface area (Å²) in [7, 11) is 0. The Morgan fingerprint density at radius 1 is 1.00 bits per heavy atom. The molecule has 25 heavy (non-hydrogen) atoms. The quantitative estimate of drug-likeness (QED) is 0.934. The van der Waals surface area contributed by atoms with Crippen LogP contribution in [0, 0.1) is 6.92 Å². The second-order valence-electron chi connectivity index (χ2n) is 6.91. The van der Waals surface area contributed by atoms with E-state index in [0.29, 0.717) is 37.7 Å². The zero-order valence-corrected chi connectivity index (χ0v) is 15.1. The van der Waals surface area contributed by atoms with E-state index in [2.05, 4.69) is 24.9 Å². The summed E-state index contributed by atoms with van der Waals surface area (Å²) in [6.07, 6.45) is 3.46. The molecule has 1 saturated heterocycles. The summed E-state index contributed by atoms with van der Waals surface area (Å²) in [6, 6.07) is 7.90. The van der Waals surface area contributed by atoms with Crippen molar-refractivity contribution in [3.8, 4) is 0 Å². The van der Waals surface area contributed by atoms with Gasteiger partial charge in [-0.05, 0) is 36.1 Å². The third kappa shape index (κ3) is 3.60. The number of nitrogens with one attached hydrogen (secondary N) is 1. The Hall–Kier alpha value is -2.56. The predicted octanol–water partition coefficient (Wildman–Crippen LogP) is 3.04. The molecule has 0 spiro atoms. The molecular formula is C20H25N3O2. The molecule has 0 bridgehead atoms. The maximum atomic E-state index is 12.9. The van der Waals surface area contributed by atoms with Gasteiger partial charge in [-0.1, -0.05) is 26.0 Å². The highest BCUT2D eigenvalue weighted by Crippen LogP contribution is 2.20. The molecule has 1 aliphatic heterocycles. The number of aromatic amines is 1. The molecule has 0 atom stereocenters. The fourth-order valence-corrected chi connectivity index (χ4v) is 3.15. The van der Waals surface area contributed by atoms with E-state index in [1.165, 1.54) is 5.56 Å². The Kier molecular flexibility index (Phi) is 4.93. The van der Waals surface area contributed by atoms with Gasteiger partial charge in [-0.3, -0.25) is 9.59 Å². The molecule has 3 rings (SSSR count). The van der Waals surface area contributed by atoms with Gasteiger partial charge in [0.25, 0.3) is 11.8 Å². The average Bonchev–Trinajstić information content (AvgIpc) is 3.15. The summed E-state index contributed by atoms with van der Waals surface area (Å²) >= 11 is 0. The molecule has 2 amide bonds. The van der Waals surface area contributed by atoms with Gasteiger partial charge in [0.15, 0.2) is 0 Å². The lowest BCUT2D eigenvalue weighted by Crippen LogP contribution is -2.50. The summed E-state index contributed by atoms with van der Waals surface area (Å²) in [4.78, 5) is 31.9. The SMILES string of the molecule is Cc1ccc(C(C)C)cc1C(=O)N1CCN(C(=O)c2cc[nH]c2)CC1. The van der Waals surface area contributed by atoms with Crippen molar-refractivity contribution in [2.24, 2.45) is 0 Å². The predicted molar refractivity (Wildman–Crippen MR) is 97.9 cm³/mol. The molecule has 5 nitrogen and oxygen atoms in total. The highest BCUT2D eigenvalue weighted by atomic mass is 16.2. The van der Waals surface area contributed by atoms with E-state index in [9.17, 15) is 9.59 Å². The van der Waals surface area contributed by atoms with Crippen LogP contribution in [0.4, 0.5) is 0 Å². The number of carbonyl (C=O) groups excluding carboxylic acids is 2. The molecule has 0 saturated carbocycles. The Morgan fingerprint density at radius 2 is 1.64 bits per heavy atom. The van der Waals surface area contributed by atoms with Crippen LogP contribution < -0.4 is 0 Å². The van der Waals surface area contributed by atoms with Crippen molar-refractivity contribution in [3.05, 3.63) is 58.9 Å². The van der Waals surface area contributed by atoms with Crippen molar-refractivity contribution in [3.63, 3.8) is 0 Å². The molecule has 0 aliphatic carbocycles. The number of hydrogen-bond acceptors (Lipinski definition) is 2. The smallest absolute Gasteiger partial charge is 0.255 e. The lowest BCUT2D eigenvalue weighted by atomic mass is 9.97. The fourth-order valence-electron chi connectivity index (χ4n) is 3.15. The summed E-state index contributed by atoms with van der Waals surface area (Å²) < 4.78 is 0. The zero-order valence-electron chi connectivity index (χ0n) is 15.1. The van der Waals surface area contributed by atoms with Gasteiger partial charge >= 0.3 is 0 Å². The maximum absolute atomic E-state index is 12.9. The van der Waals surface area contributed by atoms with Crippen molar-refractivity contribution >= 4 is 11.8 Å². The molecule has 0 radical (unpaired) electrons. The molecular weight excluding hydrogens is 314 g/mol. The summed E-state index contributed by atoms with van der Waals surface area (Å²) in [6.45, 7) is 8.51. The molecule has 5 heteroatoms. The van der Waals surface area contributed by atoms with E-state index in [-0.39, 0.29) is 11.8 Å². The van der Waals surface area contributed by atoms with Gasteiger partial charge in [-0.2, -0.15) is 0 Å². The minimum Gasteiger partial charge on any atom is -0.367 e. The van der Waals surface area contributed by atoms with E-state index in [0.717, 1.165) is 11.1 Å². The lowest BCUT2D eigenvalue weighted by Gasteiger charge is -2.35. The van der Waals surface area contributed by atoms with E-state index in [1.54, 1.807) is 18.5 Å². The Balaban J connectivity index is 1.68. The minimum absolute atomic E-state index is 0.0198. The number of piperazine rings is 1. The zero-order chi connectivity index (χ0) is 18.0. The van der Waals surface area contributed by atoms with Crippen molar-refractivity contribution in [2.75, 3.05) is 26.2 Å². The summed E-state index contributed by atoms with van der Waals surface area (Å²) in [5.74, 6) is 0.475. The summed E-state index contributed by atoms with van der Waals surface area (Å²) in [5.41, 5.74) is 3.62. The highest BCUT2D eigenvalue weighted by molar-refractivity contribution is 5.97. The lowest BCUT2D eigenvalue weighted by molar-refractivity contribution is 0.0535. The number of benzene rings is 1. The summed E-state index contributed by atoms with van der Waals surface area (Å²) in [5, 5.41) is 0. The number of rotatable bonds is 3. The van der Waals surface area contributed by atoms with Crippen molar-refractivity contribution < 1.29 is 9.59 Å². The monoisotopic (exact) mass is 339 g/mol. The Labute approximate surface area is 148 Å². The molecule has 1 aliphatic rings. The molecule has 1 aromatic heterocycles. The highest BCUT2D eigenvalue weighted by Gasteiger charge is 2.26. The molecule has 132 valence electrons. The number of amides is 2. The number of nitrogens with zero attached hydrogens (tertiary/aromatic N) is 2. The van der Waals surface area contributed by atoms with Crippen molar-refractivity contribution in [1.29, 1.82) is 0 Å². The van der Waals surface area contributed by atoms with E-state index in [4.69, 9.17) is 0 Å². The molecule has 0 unspecified atom stereocenters. The normalized spacial score (nSPS) is 14.9. The van der Waals surface area contributed by atoms with Gasteiger partial charge in [0.2, 0.25) is 0 Å². The van der Waals surface area contributed by atoms with Crippen LogP contribution in [0.15, 0.2) is 36.7 Å². The van der Waals surface area contributed by atoms with Gasteiger partial charge in [0.05, 0.1) is 5.56 Å². The first-order valence-corrected chi connectivity index (χ1v) is 8.79. The van der Waals surface area contributed by atoms with Crippen molar-refractivity contribution in [2.45, 2.75) is 26.7 Å². The third-order valence-electron chi connectivity index (χ3n) is 4.86. The number of H-pyrrole nitrogens is 1. The van der Waals surface area contributed by atoms with Gasteiger partial charge in [-0.25, -0.2) is 0 Å². The number of carbonyl (C=O) groups is 2. The van der Waals surface area contributed by atoms with Gasteiger partial charge in [-0.15, -0.1) is 0 Å². The van der Waals surface area contributed by atoms with Crippen LogP contribution in [0.5, 0.6) is 0 Å². The first-order chi connectivity index (χ1) is 12.0. The number of aromatic nitrogens is 1. The number of hydrogen-bond donors (Lipinski definition) is 1. The fraction of sp³-hybridized carbons (Fsp3) is 0.400. The number of aryl methyl sites for hydroxylation is 1. The van der Waals surface area contributed by atoms with Crippen LogP contribution in [0.1, 0.15) is 51.6 Å². The topological polar surface area (TPSA) is 56.4 Å². The van der Waals surface area contributed by atoms with Crippen LogP contribution in [-0.4, -0.2) is 52.8 Å². The maximum Gasteiger partial charge on any atom is 0.255 e. The van der Waals surface area contributed by atoms with Crippen LogP contribution in [0.25, 0.3) is 0 Å². The van der Waals surface area contributed by atoms with E-state index in [1.807, 2.05) is 28.9 Å². The second kappa shape index (κ2) is 7.13. The first-order valence-electron chi connectivity index (χ1n) is 8.79. The molecule has 1 N–H and O–H groups in total. The Morgan fingerprint density at radius 3 is 2.20 bits per heavy atom. The second-order valence-corrected chi connectivity index (χ2v) is 6.91. The molecule has 1 aromatic carbocycles. The standard InChI is InChI=1S/C20H25N3O2/c1-14(2)16-5-4-15(3)18(12-16)20(25)23-10-8-22(9-11-23)19(24)17-6-7-21-13-17/h4-7,12-14,21H,8-11H2,1-3H3. The molecule has 2 heterocycles. The first kappa shape index (κ1) is 17.3. The third-order valence-corrected chi connectivity index (χ3v) is 4.86. The minimum atomic E-state index is 0.0198. The van der Waals surface area contributed by atoms with Gasteiger partial charge < -0.3 is 14.8 Å². The Bertz CT molecular complexity index is 757. The average molecular weight is 339 g/mol.